The van der Waals surface area contributed by atoms with Crippen molar-refractivity contribution >= 4 is 23.4 Å². The van der Waals surface area contributed by atoms with Gasteiger partial charge < -0.3 is 4.74 Å². The quantitative estimate of drug-likeness (QED) is 0.385. The molecule has 0 saturated carbocycles. The number of nitrogens with zero attached hydrogens (tertiary/aromatic N) is 4. The Labute approximate surface area is 173 Å². The smallest absolute Gasteiger partial charge is 0.196 e. The first-order valence-electron chi connectivity index (χ1n) is 8.84. The maximum atomic E-state index is 13.4. The monoisotopic (exact) mass is 420 g/mol. The average molecular weight is 421 g/mol. The van der Waals surface area contributed by atoms with Crippen molar-refractivity contribution in [2.75, 3.05) is 26.5 Å². The van der Waals surface area contributed by atoms with Crippen LogP contribution in [0.2, 0.25) is 5.02 Å². The molecule has 0 saturated heterocycles. The number of halogens is 2. The van der Waals surface area contributed by atoms with E-state index in [-0.39, 0.29) is 11.9 Å². The molecule has 28 heavy (non-hydrogen) atoms. The normalized spacial score (nSPS) is 12.4. The third-order valence-corrected chi connectivity index (χ3v) is 5.43. The van der Waals surface area contributed by atoms with Gasteiger partial charge >= 0.3 is 0 Å². The minimum Gasteiger partial charge on any atom is -0.493 e. The molecule has 0 bridgehead atoms. The van der Waals surface area contributed by atoms with Gasteiger partial charge in [0.25, 0.3) is 0 Å². The van der Waals surface area contributed by atoms with E-state index in [4.69, 9.17) is 16.3 Å². The Morgan fingerprint density at radius 3 is 2.43 bits per heavy atom. The van der Waals surface area contributed by atoms with Crippen LogP contribution >= 0.6 is 23.4 Å². The van der Waals surface area contributed by atoms with Gasteiger partial charge in [0.1, 0.15) is 11.6 Å². The molecule has 0 radical (unpaired) electrons. The van der Waals surface area contributed by atoms with Crippen molar-refractivity contribution in [2.45, 2.75) is 18.1 Å². The summed E-state index contributed by atoms with van der Waals surface area (Å²) in [4.78, 5) is 2.06. The summed E-state index contributed by atoms with van der Waals surface area (Å²) >= 11 is 7.43. The molecule has 2 aromatic carbocycles. The van der Waals surface area contributed by atoms with Gasteiger partial charge in [0, 0.05) is 16.5 Å². The van der Waals surface area contributed by atoms with E-state index in [9.17, 15) is 4.39 Å². The van der Waals surface area contributed by atoms with Crippen molar-refractivity contribution < 1.29 is 9.13 Å². The second kappa shape index (κ2) is 9.41. The minimum atomic E-state index is -0.274. The lowest BCUT2D eigenvalue weighted by Gasteiger charge is -2.20. The van der Waals surface area contributed by atoms with Crippen molar-refractivity contribution in [1.29, 1.82) is 0 Å². The maximum Gasteiger partial charge on any atom is 0.196 e. The molecule has 0 aliphatic carbocycles. The summed E-state index contributed by atoms with van der Waals surface area (Å²) in [7, 11) is 3.97. The van der Waals surface area contributed by atoms with Crippen molar-refractivity contribution in [3.05, 3.63) is 65.2 Å². The molecule has 1 heterocycles. The van der Waals surface area contributed by atoms with Crippen LogP contribution in [0.1, 0.15) is 18.8 Å². The fourth-order valence-electron chi connectivity index (χ4n) is 2.53. The molecule has 5 nitrogen and oxygen atoms in total. The Bertz CT molecular complexity index is 900. The molecule has 1 aromatic heterocycles. The molecule has 148 valence electrons. The SMILES string of the molecule is C[C@@H](c1nnc(SCCOc2ccc(Cl)cc2)n1-c1ccc(F)cc1)N(C)C. The van der Waals surface area contributed by atoms with Gasteiger partial charge in [0.2, 0.25) is 0 Å². The molecule has 0 aliphatic heterocycles. The molecule has 0 fully saturated rings. The van der Waals surface area contributed by atoms with Crippen LogP contribution in [-0.2, 0) is 0 Å². The average Bonchev–Trinajstić information content (AvgIpc) is 3.10. The molecule has 3 rings (SSSR count). The lowest BCUT2D eigenvalue weighted by Crippen LogP contribution is -2.20. The first-order valence-corrected chi connectivity index (χ1v) is 10.2. The number of ether oxygens (including phenoxy) is 1. The molecule has 3 aromatic rings. The zero-order chi connectivity index (χ0) is 20.1. The van der Waals surface area contributed by atoms with E-state index in [1.54, 1.807) is 36.0 Å². The highest BCUT2D eigenvalue weighted by molar-refractivity contribution is 7.99. The lowest BCUT2D eigenvalue weighted by molar-refractivity contribution is 0.305. The van der Waals surface area contributed by atoms with Gasteiger partial charge in [-0.3, -0.25) is 9.47 Å². The Morgan fingerprint density at radius 2 is 1.79 bits per heavy atom. The third kappa shape index (κ3) is 5.04. The molecule has 0 spiro atoms. The number of rotatable bonds is 8. The highest BCUT2D eigenvalue weighted by Gasteiger charge is 2.20. The maximum absolute atomic E-state index is 13.4. The Kier molecular flexibility index (Phi) is 6.93. The Hall–Kier alpha value is -2.09. The number of hydrogen-bond donors (Lipinski definition) is 0. The summed E-state index contributed by atoms with van der Waals surface area (Å²) in [5.74, 6) is 1.99. The fourth-order valence-corrected chi connectivity index (χ4v) is 3.43. The van der Waals surface area contributed by atoms with Crippen molar-refractivity contribution in [3.63, 3.8) is 0 Å². The molecule has 8 heteroatoms. The number of hydrogen-bond acceptors (Lipinski definition) is 5. The standard InChI is InChI=1S/C20H22ClFN4OS/c1-14(25(2)3)19-23-24-20(26(19)17-8-6-16(22)7-9-17)28-13-12-27-18-10-4-15(21)5-11-18/h4-11,14H,12-13H2,1-3H3/t14-/m0/s1. The molecular formula is C20H22ClFN4OS. The van der Waals surface area contributed by atoms with Crippen LogP contribution in [0.5, 0.6) is 5.75 Å². The van der Waals surface area contributed by atoms with Crippen LogP contribution in [0.4, 0.5) is 4.39 Å². The van der Waals surface area contributed by atoms with Gasteiger partial charge in [-0.25, -0.2) is 4.39 Å². The molecule has 0 amide bonds. The predicted molar refractivity (Wildman–Crippen MR) is 111 cm³/mol. The van der Waals surface area contributed by atoms with Gasteiger partial charge in [-0.2, -0.15) is 0 Å². The van der Waals surface area contributed by atoms with Crippen LogP contribution in [0.15, 0.2) is 53.7 Å². The second-order valence-electron chi connectivity index (χ2n) is 6.44. The van der Waals surface area contributed by atoms with Crippen LogP contribution in [0.25, 0.3) is 5.69 Å². The third-order valence-electron chi connectivity index (χ3n) is 4.29. The summed E-state index contributed by atoms with van der Waals surface area (Å²) in [6, 6.07) is 13.7. The van der Waals surface area contributed by atoms with Crippen molar-refractivity contribution in [3.8, 4) is 11.4 Å². The molecule has 0 aliphatic rings. The molecular weight excluding hydrogens is 399 g/mol. The second-order valence-corrected chi connectivity index (χ2v) is 7.94. The Balaban J connectivity index is 1.74. The predicted octanol–water partition coefficient (Wildman–Crippen LogP) is 4.85. The van der Waals surface area contributed by atoms with Crippen LogP contribution < -0.4 is 4.74 Å². The van der Waals surface area contributed by atoms with Gasteiger partial charge in [-0.05, 0) is 69.6 Å². The number of aromatic nitrogens is 3. The van der Waals surface area contributed by atoms with Crippen LogP contribution in [0, 0.1) is 5.82 Å². The largest absolute Gasteiger partial charge is 0.493 e. The summed E-state index contributed by atoms with van der Waals surface area (Å²) in [5.41, 5.74) is 0.830. The first kappa shape index (κ1) is 20.6. The van der Waals surface area contributed by atoms with E-state index < -0.39 is 0 Å². The van der Waals surface area contributed by atoms with Crippen molar-refractivity contribution in [1.82, 2.24) is 19.7 Å². The lowest BCUT2D eigenvalue weighted by atomic mass is 10.2. The molecule has 0 N–H and O–H groups in total. The topological polar surface area (TPSA) is 43.2 Å². The van der Waals surface area contributed by atoms with E-state index in [0.29, 0.717) is 17.4 Å². The van der Waals surface area contributed by atoms with E-state index in [0.717, 1.165) is 22.4 Å². The van der Waals surface area contributed by atoms with Crippen LogP contribution in [0.3, 0.4) is 0 Å². The van der Waals surface area contributed by atoms with Gasteiger partial charge in [-0.1, -0.05) is 23.4 Å². The zero-order valence-electron chi connectivity index (χ0n) is 16.0. The first-order chi connectivity index (χ1) is 13.5. The van der Waals surface area contributed by atoms with Crippen LogP contribution in [-0.4, -0.2) is 46.1 Å². The summed E-state index contributed by atoms with van der Waals surface area (Å²) in [6.07, 6.45) is 0. The minimum absolute atomic E-state index is 0.0530. The van der Waals surface area contributed by atoms with Gasteiger partial charge in [-0.15, -0.1) is 10.2 Å². The highest BCUT2D eigenvalue weighted by Crippen LogP contribution is 2.27. The fraction of sp³-hybridized carbons (Fsp3) is 0.300. The van der Waals surface area contributed by atoms with E-state index in [1.807, 2.05) is 30.8 Å². The van der Waals surface area contributed by atoms with E-state index in [2.05, 4.69) is 22.0 Å². The van der Waals surface area contributed by atoms with E-state index in [1.165, 1.54) is 12.1 Å². The Morgan fingerprint density at radius 1 is 1.11 bits per heavy atom. The summed E-state index contributed by atoms with van der Waals surface area (Å²) in [6.45, 7) is 2.57. The van der Waals surface area contributed by atoms with Gasteiger partial charge in [0.05, 0.1) is 12.6 Å². The van der Waals surface area contributed by atoms with Gasteiger partial charge in [0.15, 0.2) is 11.0 Å². The number of thioether (sulfide) groups is 1. The molecule has 0 unspecified atom stereocenters. The number of benzene rings is 2. The zero-order valence-corrected chi connectivity index (χ0v) is 17.5. The van der Waals surface area contributed by atoms with Crippen molar-refractivity contribution in [2.24, 2.45) is 0 Å². The molecule has 1 atom stereocenters. The summed E-state index contributed by atoms with van der Waals surface area (Å²) < 4.78 is 21.1. The van der Waals surface area contributed by atoms with E-state index >= 15 is 0 Å². The summed E-state index contributed by atoms with van der Waals surface area (Å²) in [5, 5.41) is 10.2. The highest BCUT2D eigenvalue weighted by atomic mass is 35.5.